The minimum atomic E-state index is 0.462. The van der Waals surface area contributed by atoms with Gasteiger partial charge in [0, 0.05) is 37.1 Å². The second kappa shape index (κ2) is 5.45. The van der Waals surface area contributed by atoms with E-state index in [1.54, 1.807) is 7.11 Å². The van der Waals surface area contributed by atoms with Gasteiger partial charge in [-0.15, -0.1) is 0 Å². The van der Waals surface area contributed by atoms with Gasteiger partial charge in [-0.1, -0.05) is 24.3 Å². The van der Waals surface area contributed by atoms with Crippen molar-refractivity contribution in [3.8, 4) is 5.75 Å². The molecule has 0 bridgehead atoms. The number of fused-ring (bicyclic) bond motifs is 1. The quantitative estimate of drug-likeness (QED) is 0.921. The van der Waals surface area contributed by atoms with Gasteiger partial charge in [-0.2, -0.15) is 0 Å². The van der Waals surface area contributed by atoms with Crippen LogP contribution in [-0.2, 0) is 6.42 Å². The molecule has 0 aromatic heterocycles. The average Bonchev–Trinajstić information content (AvgIpc) is 2.89. The number of nitrogens with one attached hydrogen (secondary N) is 1. The number of benzene rings is 2. The maximum atomic E-state index is 5.28. The van der Waals surface area contributed by atoms with E-state index in [0.29, 0.717) is 6.04 Å². The van der Waals surface area contributed by atoms with Crippen molar-refractivity contribution in [2.45, 2.75) is 12.5 Å². The van der Waals surface area contributed by atoms with E-state index in [-0.39, 0.29) is 0 Å². The van der Waals surface area contributed by atoms with Gasteiger partial charge in [0.15, 0.2) is 0 Å². The summed E-state index contributed by atoms with van der Waals surface area (Å²) in [5.74, 6) is 0.900. The second-order valence-electron chi connectivity index (χ2n) is 5.28. The fourth-order valence-corrected chi connectivity index (χ4v) is 2.77. The number of hydrogen-bond acceptors (Lipinski definition) is 3. The summed E-state index contributed by atoms with van der Waals surface area (Å²) < 4.78 is 5.28. The van der Waals surface area contributed by atoms with Gasteiger partial charge in [0.2, 0.25) is 0 Å². The van der Waals surface area contributed by atoms with Crippen LogP contribution in [0.4, 0.5) is 11.4 Å². The number of para-hydroxylation sites is 1. The fraction of sp³-hybridized carbons (Fsp3) is 0.294. The zero-order chi connectivity index (χ0) is 13.9. The Morgan fingerprint density at radius 3 is 2.85 bits per heavy atom. The lowest BCUT2D eigenvalue weighted by molar-refractivity contribution is 0.415. The van der Waals surface area contributed by atoms with Crippen LogP contribution in [0.5, 0.6) is 5.75 Å². The highest BCUT2D eigenvalue weighted by Gasteiger charge is 2.21. The van der Waals surface area contributed by atoms with E-state index in [2.05, 4.69) is 53.7 Å². The molecule has 0 aliphatic carbocycles. The molecule has 3 rings (SSSR count). The van der Waals surface area contributed by atoms with Crippen molar-refractivity contribution in [1.82, 2.24) is 0 Å². The third-order valence-electron chi connectivity index (χ3n) is 3.83. The van der Waals surface area contributed by atoms with Crippen LogP contribution >= 0.6 is 0 Å². The Bertz CT molecular complexity index is 572. The minimum absolute atomic E-state index is 0.462. The molecule has 2 aromatic rings. The molecule has 0 fully saturated rings. The van der Waals surface area contributed by atoms with E-state index in [1.807, 2.05) is 12.1 Å². The minimum Gasteiger partial charge on any atom is -0.497 e. The van der Waals surface area contributed by atoms with Crippen LogP contribution < -0.4 is 15.0 Å². The molecule has 1 unspecified atom stereocenters. The standard InChI is InChI=1S/C17H20N2O/c1-19(15-7-5-8-16(11-15)20-2)12-14-10-13-6-3-4-9-17(13)18-14/h3-9,11,14,18H,10,12H2,1-2H3. The van der Waals surface area contributed by atoms with Gasteiger partial charge < -0.3 is 15.0 Å². The summed E-state index contributed by atoms with van der Waals surface area (Å²) in [6.45, 7) is 0.974. The Labute approximate surface area is 120 Å². The Morgan fingerprint density at radius 1 is 1.20 bits per heavy atom. The highest BCUT2D eigenvalue weighted by molar-refractivity contribution is 5.58. The van der Waals surface area contributed by atoms with E-state index in [4.69, 9.17) is 4.74 Å². The highest BCUT2D eigenvalue weighted by atomic mass is 16.5. The first-order valence-corrected chi connectivity index (χ1v) is 6.96. The molecule has 0 radical (unpaired) electrons. The van der Waals surface area contributed by atoms with Crippen LogP contribution in [0.15, 0.2) is 48.5 Å². The number of methoxy groups -OCH3 is 1. The molecule has 0 saturated heterocycles. The molecule has 1 aliphatic rings. The largest absolute Gasteiger partial charge is 0.497 e. The molecule has 104 valence electrons. The zero-order valence-corrected chi connectivity index (χ0v) is 12.0. The second-order valence-corrected chi connectivity index (χ2v) is 5.28. The third-order valence-corrected chi connectivity index (χ3v) is 3.83. The number of ether oxygens (including phenoxy) is 1. The van der Waals surface area contributed by atoms with Gasteiger partial charge in [0.1, 0.15) is 5.75 Å². The van der Waals surface area contributed by atoms with Crippen molar-refractivity contribution in [3.05, 3.63) is 54.1 Å². The molecule has 3 heteroatoms. The topological polar surface area (TPSA) is 24.5 Å². The Hall–Kier alpha value is -2.16. The highest BCUT2D eigenvalue weighted by Crippen LogP contribution is 2.27. The zero-order valence-electron chi connectivity index (χ0n) is 12.0. The van der Waals surface area contributed by atoms with Gasteiger partial charge in [-0.25, -0.2) is 0 Å². The molecule has 0 amide bonds. The Balaban J connectivity index is 1.67. The molecule has 3 nitrogen and oxygen atoms in total. The molecule has 0 saturated carbocycles. The first-order chi connectivity index (χ1) is 9.76. The van der Waals surface area contributed by atoms with Crippen molar-refractivity contribution in [3.63, 3.8) is 0 Å². The molecule has 0 spiro atoms. The summed E-state index contributed by atoms with van der Waals surface area (Å²) >= 11 is 0. The predicted octanol–water partition coefficient (Wildman–Crippen LogP) is 3.17. The number of likely N-dealkylation sites (N-methyl/N-ethyl adjacent to an activating group) is 1. The van der Waals surface area contributed by atoms with Gasteiger partial charge in [-0.05, 0) is 30.2 Å². The summed E-state index contributed by atoms with van der Waals surface area (Å²) in [6.07, 6.45) is 1.09. The normalized spacial score (nSPS) is 16.4. The molecule has 20 heavy (non-hydrogen) atoms. The third kappa shape index (κ3) is 2.57. The molecule has 1 atom stereocenters. The molecule has 1 N–H and O–H groups in total. The van der Waals surface area contributed by atoms with Crippen LogP contribution in [0, 0.1) is 0 Å². The van der Waals surface area contributed by atoms with Crippen LogP contribution in [0.2, 0.25) is 0 Å². The summed E-state index contributed by atoms with van der Waals surface area (Å²) in [6, 6.07) is 17.2. The molecular formula is C17H20N2O. The fourth-order valence-electron chi connectivity index (χ4n) is 2.77. The predicted molar refractivity (Wildman–Crippen MR) is 83.8 cm³/mol. The lowest BCUT2D eigenvalue weighted by Crippen LogP contribution is -2.32. The van der Waals surface area contributed by atoms with Crippen LogP contribution in [0.3, 0.4) is 0 Å². The summed E-state index contributed by atoms with van der Waals surface area (Å²) in [4.78, 5) is 2.27. The monoisotopic (exact) mass is 268 g/mol. The molecule has 1 heterocycles. The van der Waals surface area contributed by atoms with Gasteiger partial charge in [-0.3, -0.25) is 0 Å². The molecule has 1 aliphatic heterocycles. The maximum Gasteiger partial charge on any atom is 0.120 e. The van der Waals surface area contributed by atoms with E-state index in [0.717, 1.165) is 18.7 Å². The van der Waals surface area contributed by atoms with Crippen molar-refractivity contribution < 1.29 is 4.74 Å². The average molecular weight is 268 g/mol. The molecular weight excluding hydrogens is 248 g/mol. The maximum absolute atomic E-state index is 5.28. The van der Waals surface area contributed by atoms with E-state index >= 15 is 0 Å². The van der Waals surface area contributed by atoms with Crippen molar-refractivity contribution in [2.75, 3.05) is 30.9 Å². The summed E-state index contributed by atoms with van der Waals surface area (Å²) in [7, 11) is 3.83. The van der Waals surface area contributed by atoms with Crippen LogP contribution in [-0.4, -0.2) is 26.7 Å². The summed E-state index contributed by atoms with van der Waals surface area (Å²) in [5.41, 5.74) is 3.87. The number of rotatable bonds is 4. The van der Waals surface area contributed by atoms with Crippen molar-refractivity contribution in [2.24, 2.45) is 0 Å². The SMILES string of the molecule is COc1cccc(N(C)CC2Cc3ccccc3N2)c1. The number of hydrogen-bond donors (Lipinski definition) is 1. The Morgan fingerprint density at radius 2 is 2.05 bits per heavy atom. The van der Waals surface area contributed by atoms with Gasteiger partial charge >= 0.3 is 0 Å². The van der Waals surface area contributed by atoms with E-state index in [1.165, 1.54) is 16.9 Å². The first-order valence-electron chi connectivity index (χ1n) is 6.96. The lowest BCUT2D eigenvalue weighted by Gasteiger charge is -2.24. The number of nitrogens with zero attached hydrogens (tertiary/aromatic N) is 1. The summed E-state index contributed by atoms with van der Waals surface area (Å²) in [5, 5.41) is 3.59. The van der Waals surface area contributed by atoms with E-state index < -0.39 is 0 Å². The lowest BCUT2D eigenvalue weighted by atomic mass is 10.1. The van der Waals surface area contributed by atoms with E-state index in [9.17, 15) is 0 Å². The molecule has 2 aromatic carbocycles. The van der Waals surface area contributed by atoms with Crippen molar-refractivity contribution >= 4 is 11.4 Å². The smallest absolute Gasteiger partial charge is 0.120 e. The van der Waals surface area contributed by atoms with Crippen LogP contribution in [0.1, 0.15) is 5.56 Å². The first kappa shape index (κ1) is 12.9. The van der Waals surface area contributed by atoms with Crippen LogP contribution in [0.25, 0.3) is 0 Å². The van der Waals surface area contributed by atoms with Gasteiger partial charge in [0.05, 0.1) is 7.11 Å². The van der Waals surface area contributed by atoms with Crippen molar-refractivity contribution in [1.29, 1.82) is 0 Å². The van der Waals surface area contributed by atoms with Gasteiger partial charge in [0.25, 0.3) is 0 Å². The number of anilines is 2. The Kier molecular flexibility index (Phi) is 3.50.